The number of aryl methyl sites for hydroxylation is 1. The average Bonchev–Trinajstić information content (AvgIpc) is 2.97. The molecule has 2 aromatic heterocycles. The van der Waals surface area contributed by atoms with Gasteiger partial charge in [0.15, 0.2) is 0 Å². The van der Waals surface area contributed by atoms with Crippen LogP contribution in [0, 0.1) is 6.92 Å². The van der Waals surface area contributed by atoms with Crippen molar-refractivity contribution in [2.45, 2.75) is 6.92 Å². The summed E-state index contributed by atoms with van der Waals surface area (Å²) in [5, 5.41) is 6.04. The van der Waals surface area contributed by atoms with E-state index in [0.29, 0.717) is 0 Å². The van der Waals surface area contributed by atoms with Crippen LogP contribution in [-0.4, -0.2) is 14.8 Å². The van der Waals surface area contributed by atoms with Crippen molar-refractivity contribution in [3.8, 4) is 16.9 Å². The molecule has 0 unspecified atom stereocenters. The van der Waals surface area contributed by atoms with E-state index in [4.69, 9.17) is 5.73 Å². The van der Waals surface area contributed by atoms with Gasteiger partial charge in [-0.05, 0) is 19.1 Å². The molecule has 0 radical (unpaired) electrons. The van der Waals surface area contributed by atoms with E-state index in [1.165, 1.54) is 11.3 Å². The van der Waals surface area contributed by atoms with Crippen molar-refractivity contribution in [3.05, 3.63) is 47.7 Å². The number of aromatic nitrogens is 3. The van der Waals surface area contributed by atoms with Crippen LogP contribution in [0.15, 0.2) is 42.7 Å². The zero-order chi connectivity index (χ0) is 12.5. The van der Waals surface area contributed by atoms with Gasteiger partial charge in [-0.25, -0.2) is 9.67 Å². The lowest BCUT2D eigenvalue weighted by atomic mass is 10.2. The molecule has 1 aromatic carbocycles. The number of nitrogens with two attached hydrogens (primary N) is 1. The van der Waals surface area contributed by atoms with Crippen LogP contribution >= 0.6 is 11.3 Å². The second-order valence-corrected chi connectivity index (χ2v) is 5.19. The van der Waals surface area contributed by atoms with E-state index in [9.17, 15) is 0 Å². The molecule has 0 atom stereocenters. The Morgan fingerprint density at radius 2 is 2.00 bits per heavy atom. The lowest BCUT2D eigenvalue weighted by Crippen LogP contribution is -1.92. The van der Waals surface area contributed by atoms with E-state index in [0.717, 1.165) is 27.0 Å². The van der Waals surface area contributed by atoms with Crippen LogP contribution in [0.5, 0.6) is 0 Å². The molecular weight excluding hydrogens is 244 g/mol. The summed E-state index contributed by atoms with van der Waals surface area (Å²) < 4.78 is 1.82. The maximum Gasteiger partial charge on any atom is 0.114 e. The minimum Gasteiger partial charge on any atom is -0.389 e. The maximum atomic E-state index is 5.94. The summed E-state index contributed by atoms with van der Waals surface area (Å²) in [7, 11) is 0. The molecule has 3 rings (SSSR count). The number of anilines is 1. The lowest BCUT2D eigenvalue weighted by molar-refractivity contribution is 0.881. The lowest BCUT2D eigenvalue weighted by Gasteiger charge is -1.98. The molecule has 2 heterocycles. The van der Waals surface area contributed by atoms with E-state index >= 15 is 0 Å². The van der Waals surface area contributed by atoms with Crippen LogP contribution in [0.4, 0.5) is 5.00 Å². The van der Waals surface area contributed by atoms with Crippen LogP contribution in [0.25, 0.3) is 16.9 Å². The Balaban J connectivity index is 2.02. The number of nitrogens with zero attached hydrogens (tertiary/aromatic N) is 3. The van der Waals surface area contributed by atoms with Gasteiger partial charge in [0.05, 0.1) is 16.9 Å². The Kier molecular flexibility index (Phi) is 2.60. The SMILES string of the molecule is Cc1nc(-c2cnn(-c3ccccc3)c2)c(N)s1. The summed E-state index contributed by atoms with van der Waals surface area (Å²) in [5.41, 5.74) is 8.73. The maximum absolute atomic E-state index is 5.94. The number of para-hydroxylation sites is 1. The molecule has 4 nitrogen and oxygen atoms in total. The zero-order valence-corrected chi connectivity index (χ0v) is 10.7. The Morgan fingerprint density at radius 3 is 2.67 bits per heavy atom. The molecule has 0 fully saturated rings. The van der Waals surface area contributed by atoms with E-state index in [2.05, 4.69) is 10.1 Å². The molecule has 0 aliphatic carbocycles. The molecule has 0 saturated carbocycles. The standard InChI is InChI=1S/C13H12N4S/c1-9-16-12(13(14)18-9)10-7-15-17(8-10)11-5-3-2-4-6-11/h2-8H,14H2,1H3. The third kappa shape index (κ3) is 1.89. The highest BCUT2D eigenvalue weighted by molar-refractivity contribution is 7.16. The first-order chi connectivity index (χ1) is 8.74. The van der Waals surface area contributed by atoms with Gasteiger partial charge in [0, 0.05) is 11.8 Å². The second kappa shape index (κ2) is 4.27. The Hall–Kier alpha value is -2.14. The van der Waals surface area contributed by atoms with Crippen molar-refractivity contribution < 1.29 is 0 Å². The molecule has 0 aliphatic rings. The van der Waals surface area contributed by atoms with Crippen molar-refractivity contribution >= 4 is 16.3 Å². The van der Waals surface area contributed by atoms with Crippen molar-refractivity contribution in [1.82, 2.24) is 14.8 Å². The molecule has 18 heavy (non-hydrogen) atoms. The minimum atomic E-state index is 0.736. The summed E-state index contributed by atoms with van der Waals surface area (Å²) in [6, 6.07) is 9.96. The first-order valence-electron chi connectivity index (χ1n) is 5.57. The fourth-order valence-electron chi connectivity index (χ4n) is 1.82. The summed E-state index contributed by atoms with van der Waals surface area (Å²) in [6.45, 7) is 1.95. The fraction of sp³-hybridized carbons (Fsp3) is 0.0769. The molecule has 2 N–H and O–H groups in total. The molecule has 90 valence electrons. The Morgan fingerprint density at radius 1 is 1.22 bits per heavy atom. The predicted octanol–water partition coefficient (Wildman–Crippen LogP) is 2.89. The van der Waals surface area contributed by atoms with E-state index in [-0.39, 0.29) is 0 Å². The van der Waals surface area contributed by atoms with Crippen LogP contribution in [0.1, 0.15) is 5.01 Å². The van der Waals surface area contributed by atoms with Gasteiger partial charge < -0.3 is 5.73 Å². The van der Waals surface area contributed by atoms with E-state index in [1.807, 2.05) is 48.1 Å². The van der Waals surface area contributed by atoms with Gasteiger partial charge in [0.2, 0.25) is 0 Å². The highest BCUT2D eigenvalue weighted by atomic mass is 32.1. The predicted molar refractivity (Wildman–Crippen MR) is 73.8 cm³/mol. The number of nitrogen functional groups attached to an aromatic ring is 1. The number of hydrogen-bond donors (Lipinski definition) is 1. The summed E-state index contributed by atoms with van der Waals surface area (Å²) in [5.74, 6) is 0. The topological polar surface area (TPSA) is 56.7 Å². The Labute approximate surface area is 109 Å². The monoisotopic (exact) mass is 256 g/mol. The normalized spacial score (nSPS) is 10.7. The van der Waals surface area contributed by atoms with Gasteiger partial charge in [-0.2, -0.15) is 5.10 Å². The quantitative estimate of drug-likeness (QED) is 0.767. The van der Waals surface area contributed by atoms with Gasteiger partial charge in [0.1, 0.15) is 10.7 Å². The van der Waals surface area contributed by atoms with Gasteiger partial charge >= 0.3 is 0 Å². The third-order valence-corrected chi connectivity index (χ3v) is 3.44. The van der Waals surface area contributed by atoms with Gasteiger partial charge in [-0.1, -0.05) is 18.2 Å². The zero-order valence-electron chi connectivity index (χ0n) is 9.87. The van der Waals surface area contributed by atoms with Crippen LogP contribution < -0.4 is 5.73 Å². The van der Waals surface area contributed by atoms with E-state index in [1.54, 1.807) is 6.20 Å². The highest BCUT2D eigenvalue weighted by Crippen LogP contribution is 2.30. The summed E-state index contributed by atoms with van der Waals surface area (Å²) >= 11 is 1.50. The number of hydrogen-bond acceptors (Lipinski definition) is 4. The fourth-order valence-corrected chi connectivity index (χ4v) is 2.53. The van der Waals surface area contributed by atoms with Crippen LogP contribution in [0.2, 0.25) is 0 Å². The van der Waals surface area contributed by atoms with Crippen molar-refractivity contribution in [1.29, 1.82) is 0 Å². The number of rotatable bonds is 2. The first-order valence-corrected chi connectivity index (χ1v) is 6.39. The highest BCUT2D eigenvalue weighted by Gasteiger charge is 2.10. The van der Waals surface area contributed by atoms with Gasteiger partial charge in [-0.3, -0.25) is 0 Å². The first kappa shape index (κ1) is 11.0. The molecule has 0 aliphatic heterocycles. The van der Waals surface area contributed by atoms with Gasteiger partial charge in [-0.15, -0.1) is 11.3 Å². The second-order valence-electron chi connectivity index (χ2n) is 3.95. The molecule has 0 saturated heterocycles. The van der Waals surface area contributed by atoms with Gasteiger partial charge in [0.25, 0.3) is 0 Å². The molecular formula is C13H12N4S. The molecule has 3 aromatic rings. The minimum absolute atomic E-state index is 0.736. The Bertz CT molecular complexity index is 669. The van der Waals surface area contributed by atoms with Crippen molar-refractivity contribution in [2.75, 3.05) is 5.73 Å². The summed E-state index contributed by atoms with van der Waals surface area (Å²) in [4.78, 5) is 4.43. The number of thiazole rings is 1. The van der Waals surface area contributed by atoms with Crippen molar-refractivity contribution in [2.24, 2.45) is 0 Å². The average molecular weight is 256 g/mol. The smallest absolute Gasteiger partial charge is 0.114 e. The summed E-state index contributed by atoms with van der Waals surface area (Å²) in [6.07, 6.45) is 3.73. The largest absolute Gasteiger partial charge is 0.389 e. The number of benzene rings is 1. The van der Waals surface area contributed by atoms with E-state index < -0.39 is 0 Å². The van der Waals surface area contributed by atoms with Crippen LogP contribution in [0.3, 0.4) is 0 Å². The van der Waals surface area contributed by atoms with Crippen LogP contribution in [-0.2, 0) is 0 Å². The third-order valence-electron chi connectivity index (χ3n) is 2.64. The molecule has 0 bridgehead atoms. The molecule has 0 amide bonds. The molecule has 0 spiro atoms. The van der Waals surface area contributed by atoms with Crippen molar-refractivity contribution in [3.63, 3.8) is 0 Å². The molecule has 5 heteroatoms.